The van der Waals surface area contributed by atoms with Gasteiger partial charge >= 0.3 is 6.18 Å². The monoisotopic (exact) mass is 1030 g/mol. The molecule has 0 bridgehead atoms. The van der Waals surface area contributed by atoms with E-state index in [9.17, 15) is 27.6 Å². The second-order valence-corrected chi connectivity index (χ2v) is 16.5. The molecule has 71 heavy (non-hydrogen) atoms. The van der Waals surface area contributed by atoms with Crippen LogP contribution in [0.1, 0.15) is 47.3 Å². The Kier molecular flexibility index (Phi) is 27.9. The van der Waals surface area contributed by atoms with Gasteiger partial charge in [0, 0.05) is 25.9 Å². The quantitative estimate of drug-likeness (QED) is 0.0333. The Balaban J connectivity index is 0.00000176. The van der Waals surface area contributed by atoms with Crippen molar-refractivity contribution in [3.63, 3.8) is 0 Å². The standard InChI is InChI=1S/C44H65ClN8O11.C2HF3O2/c45-41-43(47)52-42(46)40(51-41)44(58)50-35-6-3-19-53(30-35,17-1-4-33-7-11-36(12-8-33)63-31-38(56)48-15-22-59-26-28-61-24-20-54)18-2-5-34-9-13-37(14-10-34)64-32-39(57)49-16-23-60-27-29-62-25-21-55;3-2(4,5)1(6)7/h7-14,35,54-55H,1-6,15-32H2,(H6-,46,47,48,49,50,52,56,57,58);(H,6,7). The van der Waals surface area contributed by atoms with Crippen LogP contribution in [-0.2, 0) is 46.2 Å². The average Bonchev–Trinajstić information content (AvgIpc) is 3.33. The number of aliphatic carboxylic acids is 1. The molecular weight excluding hydrogens is 965 g/mol. The average molecular weight is 1030 g/mol. The highest BCUT2D eigenvalue weighted by Crippen LogP contribution is 2.25. The molecule has 9 N–H and O–H groups in total. The van der Waals surface area contributed by atoms with Gasteiger partial charge in [0.25, 0.3) is 17.7 Å². The van der Waals surface area contributed by atoms with Gasteiger partial charge < -0.3 is 80.4 Å². The Morgan fingerprint density at radius 1 is 0.718 bits per heavy atom. The summed E-state index contributed by atoms with van der Waals surface area (Å²) in [6.45, 7) is 6.70. The number of likely N-dealkylation sites (tertiary alicyclic amines) is 1. The van der Waals surface area contributed by atoms with Crippen molar-refractivity contribution < 1.29 is 80.6 Å². The number of carboxylic acids is 1. The number of benzene rings is 2. The van der Waals surface area contributed by atoms with Crippen LogP contribution in [0.3, 0.4) is 0 Å². The molecule has 1 saturated heterocycles. The fourth-order valence-electron chi connectivity index (χ4n) is 7.26. The number of piperidine rings is 1. The summed E-state index contributed by atoms with van der Waals surface area (Å²) in [5.74, 6) is -2.85. The molecule has 25 heteroatoms. The smallest absolute Gasteiger partial charge is 0.430 e. The lowest BCUT2D eigenvalue weighted by Gasteiger charge is -2.45. The highest BCUT2D eigenvalue weighted by atomic mass is 35.5. The Labute approximate surface area is 415 Å². The van der Waals surface area contributed by atoms with Crippen LogP contribution in [0.4, 0.5) is 24.8 Å². The molecule has 1 atom stereocenters. The molecule has 0 spiro atoms. The van der Waals surface area contributed by atoms with Gasteiger partial charge in [-0.1, -0.05) is 35.9 Å². The highest BCUT2D eigenvalue weighted by Gasteiger charge is 2.36. The lowest BCUT2D eigenvalue weighted by atomic mass is 9.99. The minimum absolute atomic E-state index is 0.0320. The number of nitrogens with one attached hydrogen (secondary N) is 3. The molecule has 3 amide bonds. The number of nitrogens with zero attached hydrogens (tertiary/aromatic N) is 3. The van der Waals surface area contributed by atoms with Crippen molar-refractivity contribution in [2.45, 2.75) is 50.7 Å². The van der Waals surface area contributed by atoms with Crippen molar-refractivity contribution in [3.8, 4) is 11.5 Å². The Bertz CT molecular complexity index is 1960. The van der Waals surface area contributed by atoms with Gasteiger partial charge in [-0.2, -0.15) is 13.2 Å². The third-order valence-corrected chi connectivity index (χ3v) is 10.9. The summed E-state index contributed by atoms with van der Waals surface area (Å²) in [5, 5.41) is 34.8. The first-order valence-electron chi connectivity index (χ1n) is 23.1. The molecule has 2 heterocycles. The van der Waals surface area contributed by atoms with Gasteiger partial charge in [-0.25, -0.2) is 9.97 Å². The topological polar surface area (TPSA) is 301 Å². The number of carboxylic acid groups (broad SMARTS) is 1. The van der Waals surface area contributed by atoms with E-state index >= 15 is 0 Å². The van der Waals surface area contributed by atoms with E-state index < -0.39 is 18.1 Å². The molecule has 2 aromatic carbocycles. The number of anilines is 2. The van der Waals surface area contributed by atoms with Crippen LogP contribution < -0.4 is 42.0 Å². The summed E-state index contributed by atoms with van der Waals surface area (Å²) in [7, 11) is 0. The lowest BCUT2D eigenvalue weighted by molar-refractivity contribution is -0.933. The number of quaternary nitrogens is 1. The number of carbonyl (C=O) groups is 4. The lowest BCUT2D eigenvalue weighted by Crippen LogP contribution is -2.60. The summed E-state index contributed by atoms with van der Waals surface area (Å²) >= 11 is 6.08. The van der Waals surface area contributed by atoms with Gasteiger partial charge in [-0.3, -0.25) is 14.4 Å². The minimum Gasteiger partial charge on any atom is -0.542 e. The van der Waals surface area contributed by atoms with Crippen LogP contribution in [0.5, 0.6) is 11.5 Å². The maximum atomic E-state index is 13.4. The number of halogens is 4. The van der Waals surface area contributed by atoms with E-state index in [1.54, 1.807) is 0 Å². The van der Waals surface area contributed by atoms with Gasteiger partial charge in [0.05, 0.1) is 98.3 Å². The predicted octanol–water partition coefficient (Wildman–Crippen LogP) is 0.609. The number of amides is 3. The van der Waals surface area contributed by atoms with E-state index in [1.807, 2.05) is 48.5 Å². The number of hydrogen-bond donors (Lipinski definition) is 7. The number of carbonyl (C=O) groups excluding carboxylic acids is 4. The number of nitrogens with two attached hydrogens (primary N) is 2. The number of rotatable bonds is 32. The number of ether oxygens (including phenoxy) is 6. The van der Waals surface area contributed by atoms with Gasteiger partial charge in [-0.15, -0.1) is 0 Å². The van der Waals surface area contributed by atoms with Gasteiger partial charge in [0.15, 0.2) is 35.7 Å². The van der Waals surface area contributed by atoms with Crippen molar-refractivity contribution in [1.82, 2.24) is 25.9 Å². The van der Waals surface area contributed by atoms with Crippen molar-refractivity contribution in [2.24, 2.45) is 0 Å². The van der Waals surface area contributed by atoms with Crippen molar-refractivity contribution >= 4 is 46.9 Å². The highest BCUT2D eigenvalue weighted by molar-refractivity contribution is 6.31. The first-order valence-corrected chi connectivity index (χ1v) is 23.4. The summed E-state index contributed by atoms with van der Waals surface area (Å²) < 4.78 is 64.8. The van der Waals surface area contributed by atoms with Gasteiger partial charge in [0.2, 0.25) is 0 Å². The molecule has 4 rings (SSSR count). The number of aryl methyl sites for hydroxylation is 2. The number of nitrogen functional groups attached to an aromatic ring is 2. The minimum atomic E-state index is -5.19. The van der Waals surface area contributed by atoms with Crippen LogP contribution in [-0.4, -0.2) is 179 Å². The summed E-state index contributed by atoms with van der Waals surface area (Å²) in [6, 6.07) is 15.4. The second-order valence-electron chi connectivity index (χ2n) is 16.1. The SMILES string of the molecule is Nc1nc(N)c(C(=O)NC2CCC[N+](CCCc3ccc(OCC(=O)NCCOCCOCCO)cc3)(CCCc3ccc(OCC(=O)NCCOCCOCCO)cc3)C2)nc1Cl.O=C([O-])C(F)(F)F. The molecule has 1 aromatic heterocycles. The van der Waals surface area contributed by atoms with Gasteiger partial charge in [0.1, 0.15) is 17.5 Å². The van der Waals surface area contributed by atoms with Crippen LogP contribution in [0, 0.1) is 0 Å². The number of aliphatic hydroxyl groups is 2. The molecule has 1 aliphatic heterocycles. The molecule has 21 nitrogen and oxygen atoms in total. The van der Waals surface area contributed by atoms with Crippen molar-refractivity contribution in [3.05, 3.63) is 70.5 Å². The maximum Gasteiger partial charge on any atom is 0.430 e. The summed E-state index contributed by atoms with van der Waals surface area (Å²) in [6.07, 6.45) is 0.0529. The zero-order chi connectivity index (χ0) is 51.9. The molecule has 1 aliphatic rings. The summed E-state index contributed by atoms with van der Waals surface area (Å²) in [4.78, 5) is 54.7. The Hall–Kier alpha value is -5.60. The molecule has 0 aliphatic carbocycles. The van der Waals surface area contributed by atoms with E-state index in [-0.39, 0.29) is 80.0 Å². The van der Waals surface area contributed by atoms with Crippen LogP contribution in [0.15, 0.2) is 48.5 Å². The zero-order valence-corrected chi connectivity index (χ0v) is 40.3. The van der Waals surface area contributed by atoms with Gasteiger partial charge in [-0.05, 0) is 61.1 Å². The normalized spacial score (nSPS) is 14.1. The predicted molar refractivity (Wildman–Crippen MR) is 251 cm³/mol. The first-order chi connectivity index (χ1) is 34.0. The molecule has 1 fully saturated rings. The molecular formula is C46H66ClF3N8O13. The third-order valence-electron chi connectivity index (χ3n) is 10.6. The molecule has 0 saturated carbocycles. The van der Waals surface area contributed by atoms with Crippen LogP contribution in [0.25, 0.3) is 0 Å². The molecule has 0 radical (unpaired) electrons. The number of alkyl halides is 3. The van der Waals surface area contributed by atoms with E-state index in [1.165, 1.54) is 0 Å². The largest absolute Gasteiger partial charge is 0.542 e. The van der Waals surface area contributed by atoms with Crippen LogP contribution >= 0.6 is 11.6 Å². The van der Waals surface area contributed by atoms with Crippen molar-refractivity contribution in [2.75, 3.05) is 130 Å². The van der Waals surface area contributed by atoms with Crippen LogP contribution in [0.2, 0.25) is 5.15 Å². The second kappa shape index (κ2) is 33.1. The fourth-order valence-corrected chi connectivity index (χ4v) is 7.39. The zero-order valence-electron chi connectivity index (χ0n) is 39.6. The molecule has 396 valence electrons. The molecule has 1 unspecified atom stereocenters. The molecule has 3 aromatic rings. The number of aliphatic hydroxyl groups excluding tert-OH is 2. The fraction of sp³-hybridized carbons (Fsp3) is 0.565. The first kappa shape index (κ1) is 59.7. The van der Waals surface area contributed by atoms with E-state index in [4.69, 9.17) is 71.6 Å². The number of hydrogen-bond acceptors (Lipinski definition) is 17. The third kappa shape index (κ3) is 24.9. The summed E-state index contributed by atoms with van der Waals surface area (Å²) in [5.41, 5.74) is 14.0. The van der Waals surface area contributed by atoms with Crippen molar-refractivity contribution in [1.29, 1.82) is 0 Å². The maximum absolute atomic E-state index is 13.4. The Morgan fingerprint density at radius 3 is 1.61 bits per heavy atom. The van der Waals surface area contributed by atoms with E-state index in [0.717, 1.165) is 80.3 Å². The van der Waals surface area contributed by atoms with E-state index in [0.29, 0.717) is 64.2 Å². The van der Waals surface area contributed by atoms with E-state index in [2.05, 4.69) is 25.9 Å². The Morgan fingerprint density at radius 2 is 1.17 bits per heavy atom. The number of aromatic nitrogens is 2.